The van der Waals surface area contributed by atoms with Gasteiger partial charge in [-0.1, -0.05) is 11.6 Å². The number of anilines is 1. The zero-order valence-corrected chi connectivity index (χ0v) is 11.4. The average molecular weight is 304 g/mol. The molecule has 7 nitrogen and oxygen atoms in total. The Morgan fingerprint density at radius 2 is 2.05 bits per heavy atom. The number of carbonyl (C=O) groups is 1. The summed E-state index contributed by atoms with van der Waals surface area (Å²) in [5.41, 5.74) is 1.39. The van der Waals surface area contributed by atoms with Crippen LogP contribution in [0.2, 0.25) is 5.02 Å². The largest absolute Gasteiger partial charge is 0.480 e. The molecule has 0 aliphatic carbocycles. The average Bonchev–Trinajstić information content (AvgIpc) is 2.90. The molecule has 2 heterocycles. The van der Waals surface area contributed by atoms with E-state index in [1.807, 2.05) is 12.1 Å². The predicted octanol–water partition coefficient (Wildman–Crippen LogP) is 1.97. The van der Waals surface area contributed by atoms with Gasteiger partial charge in [0.1, 0.15) is 18.7 Å². The highest BCUT2D eigenvalue weighted by Gasteiger charge is 2.11. The van der Waals surface area contributed by atoms with E-state index in [4.69, 9.17) is 16.7 Å². The zero-order valence-electron chi connectivity index (χ0n) is 10.7. The predicted molar refractivity (Wildman–Crippen MR) is 77.8 cm³/mol. The topological polar surface area (TPSA) is 92.9 Å². The van der Waals surface area contributed by atoms with Crippen molar-refractivity contribution in [3.63, 3.8) is 0 Å². The van der Waals surface area contributed by atoms with Gasteiger partial charge in [0.25, 0.3) is 0 Å². The number of aliphatic carboxylic acids is 1. The van der Waals surface area contributed by atoms with Gasteiger partial charge < -0.3 is 10.4 Å². The van der Waals surface area contributed by atoms with Crippen LogP contribution in [0.1, 0.15) is 0 Å². The first-order valence-electron chi connectivity index (χ1n) is 6.05. The van der Waals surface area contributed by atoms with E-state index < -0.39 is 5.97 Å². The van der Waals surface area contributed by atoms with Crippen molar-refractivity contribution in [2.45, 2.75) is 0 Å². The summed E-state index contributed by atoms with van der Waals surface area (Å²) < 4.78 is 1.64. The van der Waals surface area contributed by atoms with E-state index >= 15 is 0 Å². The number of rotatable bonds is 4. The van der Waals surface area contributed by atoms with Crippen molar-refractivity contribution in [1.82, 2.24) is 19.7 Å². The Balaban J connectivity index is 2.04. The number of halogens is 1. The molecule has 0 aliphatic heterocycles. The molecule has 1 aromatic carbocycles. The second kappa shape index (κ2) is 5.37. The molecular formula is C13H10ClN5O2. The van der Waals surface area contributed by atoms with Crippen LogP contribution in [0.25, 0.3) is 16.7 Å². The maximum Gasteiger partial charge on any atom is 0.322 e. The molecule has 21 heavy (non-hydrogen) atoms. The first-order valence-corrected chi connectivity index (χ1v) is 6.43. The summed E-state index contributed by atoms with van der Waals surface area (Å²) in [6.07, 6.45) is 2.95. The number of nitrogens with zero attached hydrogens (tertiary/aromatic N) is 4. The molecule has 0 aliphatic rings. The van der Waals surface area contributed by atoms with Crippen LogP contribution in [-0.2, 0) is 4.79 Å². The molecule has 3 aromatic rings. The number of benzene rings is 1. The maximum atomic E-state index is 10.6. The maximum absolute atomic E-state index is 10.6. The molecule has 8 heteroatoms. The lowest BCUT2D eigenvalue weighted by Crippen LogP contribution is -2.13. The number of hydrogen-bond acceptors (Lipinski definition) is 5. The van der Waals surface area contributed by atoms with Gasteiger partial charge in [-0.15, -0.1) is 0 Å². The van der Waals surface area contributed by atoms with Crippen LogP contribution < -0.4 is 5.32 Å². The number of hydrogen-bond donors (Lipinski definition) is 2. The highest BCUT2D eigenvalue weighted by molar-refractivity contribution is 6.30. The lowest BCUT2D eigenvalue weighted by Gasteiger charge is -2.05. The summed E-state index contributed by atoms with van der Waals surface area (Å²) in [5, 5.41) is 17.0. The third-order valence-electron chi connectivity index (χ3n) is 2.84. The van der Waals surface area contributed by atoms with E-state index in [-0.39, 0.29) is 6.54 Å². The highest BCUT2D eigenvalue weighted by Crippen LogP contribution is 2.22. The number of fused-ring (bicyclic) bond motifs is 1. The molecule has 2 aromatic heterocycles. The number of aromatic nitrogens is 4. The lowest BCUT2D eigenvalue weighted by molar-refractivity contribution is -0.134. The number of carboxylic acid groups (broad SMARTS) is 1. The van der Waals surface area contributed by atoms with E-state index in [0.717, 1.165) is 5.69 Å². The first-order chi connectivity index (χ1) is 10.1. The minimum Gasteiger partial charge on any atom is -0.480 e. The fourth-order valence-electron chi connectivity index (χ4n) is 1.92. The van der Waals surface area contributed by atoms with E-state index in [9.17, 15) is 4.79 Å². The molecule has 0 atom stereocenters. The molecule has 0 saturated heterocycles. The van der Waals surface area contributed by atoms with Crippen molar-refractivity contribution in [3.8, 4) is 5.69 Å². The Morgan fingerprint density at radius 1 is 1.29 bits per heavy atom. The highest BCUT2D eigenvalue weighted by atomic mass is 35.5. The van der Waals surface area contributed by atoms with Gasteiger partial charge in [0.2, 0.25) is 0 Å². The summed E-state index contributed by atoms with van der Waals surface area (Å²) in [7, 11) is 0. The number of carboxylic acids is 1. The zero-order chi connectivity index (χ0) is 14.8. The fourth-order valence-corrected chi connectivity index (χ4v) is 2.04. The van der Waals surface area contributed by atoms with Crippen LogP contribution in [0, 0.1) is 0 Å². The summed E-state index contributed by atoms with van der Waals surface area (Å²) in [5.74, 6) is -0.533. The molecule has 0 amide bonds. The smallest absolute Gasteiger partial charge is 0.322 e. The van der Waals surface area contributed by atoms with E-state index in [2.05, 4.69) is 20.4 Å². The second-order valence-electron chi connectivity index (χ2n) is 4.24. The Morgan fingerprint density at radius 3 is 2.76 bits per heavy atom. The van der Waals surface area contributed by atoms with E-state index in [1.54, 1.807) is 23.0 Å². The van der Waals surface area contributed by atoms with Crippen molar-refractivity contribution in [2.24, 2.45) is 0 Å². The Bertz CT molecular complexity index is 800. The van der Waals surface area contributed by atoms with Crippen molar-refractivity contribution in [2.75, 3.05) is 11.9 Å². The summed E-state index contributed by atoms with van der Waals surface area (Å²) in [6, 6.07) is 7.16. The molecule has 0 radical (unpaired) electrons. The molecule has 106 valence electrons. The van der Waals surface area contributed by atoms with E-state index in [0.29, 0.717) is 21.9 Å². The summed E-state index contributed by atoms with van der Waals surface area (Å²) >= 11 is 5.87. The minimum absolute atomic E-state index is 0.224. The standard InChI is InChI=1S/C13H10ClN5O2/c14-8-1-3-9(4-2-8)19-13-10(5-18-19)12(16-7-17-13)15-6-11(20)21/h1-5,7H,6H2,(H,20,21)(H,15,16,17). The van der Waals surface area contributed by atoms with E-state index in [1.165, 1.54) is 6.33 Å². The van der Waals surface area contributed by atoms with Gasteiger partial charge >= 0.3 is 5.97 Å². The van der Waals surface area contributed by atoms with Crippen LogP contribution in [0.3, 0.4) is 0 Å². The molecule has 2 N–H and O–H groups in total. The quantitative estimate of drug-likeness (QED) is 0.765. The van der Waals surface area contributed by atoms with Gasteiger partial charge in [-0.3, -0.25) is 4.79 Å². The molecule has 3 rings (SSSR count). The minimum atomic E-state index is -0.966. The SMILES string of the molecule is O=C(O)CNc1ncnc2c1cnn2-c1ccc(Cl)cc1. The van der Waals surface area contributed by atoms with Crippen LogP contribution in [0.4, 0.5) is 5.82 Å². The molecular weight excluding hydrogens is 294 g/mol. The van der Waals surface area contributed by atoms with Crippen LogP contribution in [0.5, 0.6) is 0 Å². The van der Waals surface area contributed by atoms with Crippen LogP contribution >= 0.6 is 11.6 Å². The monoisotopic (exact) mass is 303 g/mol. The third kappa shape index (κ3) is 2.63. The van der Waals surface area contributed by atoms with Crippen LogP contribution in [-0.4, -0.2) is 37.4 Å². The van der Waals surface area contributed by atoms with Crippen molar-refractivity contribution < 1.29 is 9.90 Å². The van der Waals surface area contributed by atoms with Gasteiger partial charge in [0.15, 0.2) is 5.65 Å². The second-order valence-corrected chi connectivity index (χ2v) is 4.68. The normalized spacial score (nSPS) is 10.7. The molecule has 0 fully saturated rings. The Kier molecular flexibility index (Phi) is 3.41. The first kappa shape index (κ1) is 13.3. The van der Waals surface area contributed by atoms with Gasteiger partial charge in [0.05, 0.1) is 17.3 Å². The van der Waals surface area contributed by atoms with Gasteiger partial charge in [-0.25, -0.2) is 14.6 Å². The number of nitrogens with one attached hydrogen (secondary N) is 1. The Labute approximate surface area is 124 Å². The van der Waals surface area contributed by atoms with Crippen molar-refractivity contribution in [1.29, 1.82) is 0 Å². The van der Waals surface area contributed by atoms with Crippen molar-refractivity contribution >= 4 is 34.4 Å². The molecule has 0 bridgehead atoms. The molecule has 0 unspecified atom stereocenters. The van der Waals surface area contributed by atoms with Gasteiger partial charge in [0, 0.05) is 5.02 Å². The summed E-state index contributed by atoms with van der Waals surface area (Å²) in [6.45, 7) is -0.224. The fraction of sp³-hybridized carbons (Fsp3) is 0.0769. The third-order valence-corrected chi connectivity index (χ3v) is 3.10. The van der Waals surface area contributed by atoms with Crippen LogP contribution in [0.15, 0.2) is 36.8 Å². The molecule has 0 saturated carbocycles. The summed E-state index contributed by atoms with van der Waals surface area (Å²) in [4.78, 5) is 18.9. The van der Waals surface area contributed by atoms with Crippen molar-refractivity contribution in [3.05, 3.63) is 41.8 Å². The lowest BCUT2D eigenvalue weighted by atomic mass is 10.3. The molecule has 0 spiro atoms. The van der Waals surface area contributed by atoms with Gasteiger partial charge in [-0.2, -0.15) is 5.10 Å². The van der Waals surface area contributed by atoms with Gasteiger partial charge in [-0.05, 0) is 24.3 Å². The Hall–Kier alpha value is -2.67.